The van der Waals surface area contributed by atoms with Crippen molar-refractivity contribution in [1.82, 2.24) is 9.97 Å². The van der Waals surface area contributed by atoms with Gasteiger partial charge in [0.2, 0.25) is 0 Å². The van der Waals surface area contributed by atoms with Crippen LogP contribution in [0, 0.1) is 0 Å². The molecule has 3 heterocycles. The summed E-state index contributed by atoms with van der Waals surface area (Å²) in [6.45, 7) is 0.730. The molecule has 0 aliphatic carbocycles. The minimum atomic E-state index is -0.0700. The van der Waals surface area contributed by atoms with E-state index in [-0.39, 0.29) is 5.56 Å². The van der Waals surface area contributed by atoms with E-state index < -0.39 is 0 Å². The quantitative estimate of drug-likeness (QED) is 0.562. The van der Waals surface area contributed by atoms with Gasteiger partial charge < -0.3 is 15.3 Å². The van der Waals surface area contributed by atoms with Crippen LogP contribution in [0.25, 0.3) is 22.0 Å². The van der Waals surface area contributed by atoms with E-state index in [1.165, 1.54) is 0 Å². The molecule has 2 aromatic heterocycles. The second-order valence-electron chi connectivity index (χ2n) is 4.49. The third-order valence-electron chi connectivity index (χ3n) is 3.49. The van der Waals surface area contributed by atoms with E-state index in [0.717, 1.165) is 34.3 Å². The van der Waals surface area contributed by atoms with Crippen LogP contribution >= 0.6 is 0 Å². The average Bonchev–Trinajstić information content (AvgIpc) is 2.76. The third-order valence-corrected chi connectivity index (χ3v) is 3.49. The number of nitrogens with one attached hydrogen (secondary N) is 3. The Hall–Kier alpha value is -2.49. The molecule has 0 atom stereocenters. The van der Waals surface area contributed by atoms with Gasteiger partial charge >= 0.3 is 0 Å². The number of aromatic nitrogens is 2. The highest BCUT2D eigenvalue weighted by atomic mass is 16.1. The molecule has 18 heavy (non-hydrogen) atoms. The number of hydrogen-bond acceptors (Lipinski definition) is 2. The molecule has 4 heteroatoms. The number of hydrogen-bond donors (Lipinski definition) is 3. The van der Waals surface area contributed by atoms with Crippen molar-refractivity contribution in [2.75, 3.05) is 5.32 Å². The van der Waals surface area contributed by atoms with Gasteiger partial charge in [-0.1, -0.05) is 18.2 Å². The van der Waals surface area contributed by atoms with Crippen LogP contribution in [0.15, 0.2) is 41.5 Å². The van der Waals surface area contributed by atoms with E-state index in [9.17, 15) is 4.79 Å². The lowest BCUT2D eigenvalue weighted by Gasteiger charge is -2.08. The molecule has 0 saturated heterocycles. The highest BCUT2D eigenvalue weighted by molar-refractivity contribution is 6.00. The minimum absolute atomic E-state index is 0.0700. The van der Waals surface area contributed by atoms with Gasteiger partial charge in [-0.15, -0.1) is 0 Å². The first-order valence-electron chi connectivity index (χ1n) is 5.89. The molecule has 4 rings (SSSR count). The van der Waals surface area contributed by atoms with Gasteiger partial charge in [-0.2, -0.15) is 0 Å². The molecule has 88 valence electrons. The first-order chi connectivity index (χ1) is 8.84. The van der Waals surface area contributed by atoms with Crippen molar-refractivity contribution in [1.29, 1.82) is 0 Å². The monoisotopic (exact) mass is 237 g/mol. The van der Waals surface area contributed by atoms with Crippen LogP contribution in [0.3, 0.4) is 0 Å². The Morgan fingerprint density at radius 1 is 1.00 bits per heavy atom. The zero-order chi connectivity index (χ0) is 12.1. The molecule has 1 aliphatic rings. The van der Waals surface area contributed by atoms with Gasteiger partial charge in [0.1, 0.15) is 5.52 Å². The van der Waals surface area contributed by atoms with Crippen LogP contribution in [0.2, 0.25) is 0 Å². The minimum Gasteiger partial charge on any atom is -0.380 e. The largest absolute Gasteiger partial charge is 0.380 e. The van der Waals surface area contributed by atoms with Gasteiger partial charge in [-0.25, -0.2) is 0 Å². The van der Waals surface area contributed by atoms with Crippen LogP contribution in [-0.2, 0) is 6.54 Å². The van der Waals surface area contributed by atoms with Gasteiger partial charge in [-0.05, 0) is 11.6 Å². The van der Waals surface area contributed by atoms with Crippen LogP contribution in [0.5, 0.6) is 0 Å². The molecule has 3 N–H and O–H groups in total. The lowest BCUT2D eigenvalue weighted by molar-refractivity contribution is 1.17. The fourth-order valence-electron chi connectivity index (χ4n) is 2.65. The van der Waals surface area contributed by atoms with Crippen molar-refractivity contribution in [2.45, 2.75) is 6.54 Å². The molecule has 0 unspecified atom stereocenters. The summed E-state index contributed by atoms with van der Waals surface area (Å²) in [5.74, 6) is 0. The Kier molecular flexibility index (Phi) is 1.73. The van der Waals surface area contributed by atoms with Crippen molar-refractivity contribution in [2.24, 2.45) is 0 Å². The summed E-state index contributed by atoms with van der Waals surface area (Å²) in [5.41, 5.74) is 5.00. The maximum absolute atomic E-state index is 11.8. The molecular formula is C14H11N3O. The summed E-state index contributed by atoms with van der Waals surface area (Å²) in [7, 11) is 0. The Bertz CT molecular complexity index is 813. The molecule has 0 amide bonds. The zero-order valence-electron chi connectivity index (χ0n) is 9.58. The molecule has 1 aromatic carbocycles. The third kappa shape index (κ3) is 1.12. The molecule has 1 aliphatic heterocycles. The summed E-state index contributed by atoms with van der Waals surface area (Å²) in [6.07, 6.45) is 3.70. The molecule has 0 fully saturated rings. The number of rotatable bonds is 0. The first-order valence-corrected chi connectivity index (χ1v) is 5.89. The van der Waals surface area contributed by atoms with Crippen molar-refractivity contribution >= 4 is 16.6 Å². The van der Waals surface area contributed by atoms with Gasteiger partial charge in [0.15, 0.2) is 0 Å². The van der Waals surface area contributed by atoms with Crippen molar-refractivity contribution in [3.8, 4) is 11.1 Å². The fraction of sp³-hybridized carbons (Fsp3) is 0.0714. The second-order valence-corrected chi connectivity index (χ2v) is 4.49. The van der Waals surface area contributed by atoms with Crippen molar-refractivity contribution in [3.05, 3.63) is 52.6 Å². The number of aromatic amines is 2. The molecule has 0 spiro atoms. The van der Waals surface area contributed by atoms with Crippen LogP contribution in [0.1, 0.15) is 5.56 Å². The summed E-state index contributed by atoms with van der Waals surface area (Å²) < 4.78 is 0. The second kappa shape index (κ2) is 3.26. The van der Waals surface area contributed by atoms with Crippen molar-refractivity contribution < 1.29 is 0 Å². The van der Waals surface area contributed by atoms with Crippen LogP contribution in [-0.4, -0.2) is 9.97 Å². The highest BCUT2D eigenvalue weighted by Gasteiger charge is 2.18. The van der Waals surface area contributed by atoms with E-state index in [1.807, 2.05) is 18.3 Å². The predicted molar refractivity (Wildman–Crippen MR) is 71.7 cm³/mol. The fourth-order valence-corrected chi connectivity index (χ4v) is 2.65. The van der Waals surface area contributed by atoms with Gasteiger partial charge in [0.25, 0.3) is 5.56 Å². The van der Waals surface area contributed by atoms with E-state index in [4.69, 9.17) is 0 Å². The number of para-hydroxylation sites is 1. The number of benzene rings is 1. The van der Waals surface area contributed by atoms with Gasteiger partial charge in [-0.3, -0.25) is 4.79 Å². The zero-order valence-corrected chi connectivity index (χ0v) is 9.58. The molecule has 0 saturated carbocycles. The summed E-state index contributed by atoms with van der Waals surface area (Å²) in [5, 5.41) is 4.43. The summed E-state index contributed by atoms with van der Waals surface area (Å²) in [6, 6.07) is 8.14. The maximum Gasteiger partial charge on any atom is 0.272 e. The lowest BCUT2D eigenvalue weighted by atomic mass is 10.0. The number of H-pyrrole nitrogens is 2. The molecule has 3 aromatic rings. The molecular weight excluding hydrogens is 226 g/mol. The number of anilines is 1. The standard InChI is InChI=1S/C14H11N3O/c18-14-13-12-8(6-16-13)5-15-11-4-2-1-3-9(11)10(12)7-17-14/h1-4,6-7,15-16H,5H2,(H,17,18). The van der Waals surface area contributed by atoms with Crippen LogP contribution < -0.4 is 10.9 Å². The summed E-state index contributed by atoms with van der Waals surface area (Å²) in [4.78, 5) is 17.7. The van der Waals surface area contributed by atoms with Gasteiger partial charge in [0, 0.05) is 41.1 Å². The van der Waals surface area contributed by atoms with E-state index in [1.54, 1.807) is 6.20 Å². The molecule has 0 bridgehead atoms. The Morgan fingerprint density at radius 2 is 1.89 bits per heavy atom. The van der Waals surface area contributed by atoms with E-state index in [2.05, 4.69) is 27.4 Å². The molecule has 0 radical (unpaired) electrons. The Labute approximate surface area is 103 Å². The van der Waals surface area contributed by atoms with Crippen molar-refractivity contribution in [3.63, 3.8) is 0 Å². The van der Waals surface area contributed by atoms with Gasteiger partial charge in [0.05, 0.1) is 0 Å². The summed E-state index contributed by atoms with van der Waals surface area (Å²) >= 11 is 0. The smallest absolute Gasteiger partial charge is 0.272 e. The Balaban J connectivity index is 2.21. The topological polar surface area (TPSA) is 60.7 Å². The first kappa shape index (κ1) is 9.53. The lowest BCUT2D eigenvalue weighted by Crippen LogP contribution is -2.05. The average molecular weight is 237 g/mol. The predicted octanol–water partition coefficient (Wildman–Crippen LogP) is 2.45. The number of pyridine rings is 1. The van der Waals surface area contributed by atoms with Crippen LogP contribution in [0.4, 0.5) is 5.69 Å². The SMILES string of the molecule is O=c1[nH]cc2c3c(c[nH]c13)CNc1ccccc1-2. The molecule has 4 nitrogen and oxygen atoms in total. The maximum atomic E-state index is 11.8. The Morgan fingerprint density at radius 3 is 2.83 bits per heavy atom. The number of fused-ring (bicyclic) bond motifs is 2. The van der Waals surface area contributed by atoms with E-state index >= 15 is 0 Å². The van der Waals surface area contributed by atoms with E-state index in [0.29, 0.717) is 5.52 Å². The highest BCUT2D eigenvalue weighted by Crippen LogP contribution is 2.36. The normalized spacial score (nSPS) is 12.9.